The summed E-state index contributed by atoms with van der Waals surface area (Å²) in [5, 5.41) is 3.05. The van der Waals surface area contributed by atoms with Gasteiger partial charge in [0.1, 0.15) is 19.3 Å². The zero-order valence-electron chi connectivity index (χ0n) is 52.1. The molecule has 0 saturated heterocycles. The third-order valence-electron chi connectivity index (χ3n) is 14.0. The molecule has 0 aliphatic carbocycles. The number of allylic oxidation sites excluding steroid dienone is 15. The van der Waals surface area contributed by atoms with Gasteiger partial charge in [-0.3, -0.25) is 18.6 Å². The average Bonchev–Trinajstić information content (AvgIpc) is 3.41. The van der Waals surface area contributed by atoms with Crippen LogP contribution in [0.2, 0.25) is 0 Å². The molecular formula is C69H124N2O7P+. The van der Waals surface area contributed by atoms with E-state index in [9.17, 15) is 19.0 Å². The number of hydrogen-bond acceptors (Lipinski definition) is 6. The highest BCUT2D eigenvalue weighted by molar-refractivity contribution is 7.47. The molecule has 0 aromatic carbocycles. The Balaban J connectivity index is 5.22. The summed E-state index contributed by atoms with van der Waals surface area (Å²) < 4.78 is 30.7. The van der Waals surface area contributed by atoms with Crippen molar-refractivity contribution in [3.8, 4) is 0 Å². The van der Waals surface area contributed by atoms with E-state index >= 15 is 0 Å². The van der Waals surface area contributed by atoms with Crippen molar-refractivity contribution in [1.82, 2.24) is 5.32 Å². The van der Waals surface area contributed by atoms with Crippen LogP contribution in [-0.2, 0) is 27.9 Å². The molecule has 0 aromatic rings. The first kappa shape index (κ1) is 75.9. The second kappa shape index (κ2) is 58.1. The Morgan fingerprint density at radius 3 is 1.18 bits per heavy atom. The van der Waals surface area contributed by atoms with Gasteiger partial charge in [-0.2, -0.15) is 0 Å². The van der Waals surface area contributed by atoms with Gasteiger partial charge in [-0.1, -0.05) is 247 Å². The van der Waals surface area contributed by atoms with E-state index < -0.39 is 20.0 Å². The highest BCUT2D eigenvalue weighted by Crippen LogP contribution is 2.43. The molecule has 0 heterocycles. The molecule has 2 N–H and O–H groups in total. The fraction of sp³-hybridized carbons (Fsp3) is 0.739. The summed E-state index contributed by atoms with van der Waals surface area (Å²) in [4.78, 5) is 37.8. The van der Waals surface area contributed by atoms with Crippen molar-refractivity contribution in [2.75, 3.05) is 40.9 Å². The number of esters is 1. The van der Waals surface area contributed by atoms with Gasteiger partial charge in [0.15, 0.2) is 0 Å². The summed E-state index contributed by atoms with van der Waals surface area (Å²) in [6.45, 7) is 6.93. The predicted octanol–water partition coefficient (Wildman–Crippen LogP) is 20.3. The first-order valence-electron chi connectivity index (χ1n) is 32.6. The van der Waals surface area contributed by atoms with Crippen LogP contribution < -0.4 is 5.32 Å². The Kier molecular flexibility index (Phi) is 55.9. The van der Waals surface area contributed by atoms with Gasteiger partial charge in [0.25, 0.3) is 0 Å². The van der Waals surface area contributed by atoms with E-state index in [1.165, 1.54) is 122 Å². The van der Waals surface area contributed by atoms with E-state index in [0.717, 1.165) is 122 Å². The van der Waals surface area contributed by atoms with E-state index in [4.69, 9.17) is 13.8 Å². The number of ether oxygens (including phenoxy) is 1. The molecule has 0 saturated carbocycles. The van der Waals surface area contributed by atoms with E-state index in [0.29, 0.717) is 17.4 Å². The molecule has 456 valence electrons. The highest BCUT2D eigenvalue weighted by Gasteiger charge is 2.30. The second-order valence-corrected chi connectivity index (χ2v) is 24.4. The number of phosphoric acid groups is 1. The third-order valence-corrected chi connectivity index (χ3v) is 15.0. The van der Waals surface area contributed by atoms with E-state index in [1.807, 2.05) is 33.3 Å². The quantitative estimate of drug-likeness (QED) is 0.0205. The molecule has 0 radical (unpaired) electrons. The summed E-state index contributed by atoms with van der Waals surface area (Å²) in [5.41, 5.74) is 0. The number of nitrogens with one attached hydrogen (secondary N) is 1. The fourth-order valence-corrected chi connectivity index (χ4v) is 9.67. The van der Waals surface area contributed by atoms with Crippen LogP contribution in [0.25, 0.3) is 0 Å². The molecule has 9 nitrogen and oxygen atoms in total. The lowest BCUT2D eigenvalue weighted by Crippen LogP contribution is -2.47. The van der Waals surface area contributed by atoms with Crippen molar-refractivity contribution in [1.29, 1.82) is 0 Å². The summed E-state index contributed by atoms with van der Waals surface area (Å²) in [6.07, 6.45) is 78.3. The summed E-state index contributed by atoms with van der Waals surface area (Å²) in [6, 6.07) is -0.867. The molecule has 10 heteroatoms. The summed E-state index contributed by atoms with van der Waals surface area (Å²) in [7, 11) is 1.47. The van der Waals surface area contributed by atoms with Crippen LogP contribution in [-0.4, -0.2) is 74.3 Å². The lowest BCUT2D eigenvalue weighted by Gasteiger charge is -2.27. The maximum absolute atomic E-state index is 13.6. The van der Waals surface area contributed by atoms with E-state index in [-0.39, 0.29) is 31.5 Å². The maximum Gasteiger partial charge on any atom is 0.472 e. The molecule has 79 heavy (non-hydrogen) atoms. The number of quaternary nitrogens is 1. The summed E-state index contributed by atoms with van der Waals surface area (Å²) in [5.74, 6) is -0.536. The smallest absolute Gasteiger partial charge is 0.456 e. The van der Waals surface area contributed by atoms with Crippen molar-refractivity contribution in [2.45, 2.75) is 290 Å². The molecule has 1 amide bonds. The minimum atomic E-state index is -4.46. The van der Waals surface area contributed by atoms with Gasteiger partial charge < -0.3 is 19.4 Å². The van der Waals surface area contributed by atoms with Gasteiger partial charge in [0.2, 0.25) is 5.91 Å². The van der Waals surface area contributed by atoms with Gasteiger partial charge >= 0.3 is 13.8 Å². The molecular weight excluding hydrogens is 1000 g/mol. The normalized spacial score (nSPS) is 14.3. The van der Waals surface area contributed by atoms with Gasteiger partial charge in [-0.05, 0) is 115 Å². The number of nitrogens with zero attached hydrogens (tertiary/aromatic N) is 1. The number of carbonyl (C=O) groups excluding carboxylic acids is 2. The van der Waals surface area contributed by atoms with Crippen LogP contribution in [0.15, 0.2) is 97.2 Å². The Labute approximate surface area is 488 Å². The fourth-order valence-electron chi connectivity index (χ4n) is 8.93. The number of phosphoric ester groups is 1. The number of hydrogen-bond donors (Lipinski definition) is 2. The SMILES string of the molecule is CCCCC/C=C\C/C=C\C/C=C\C/C=C\CCCCCCCC(=O)NC(COP(=O)(O)OCC[N+](C)(C)C)C(/C=C/CCCCCCCCCCC)OC(=O)CCCCCCCCCC/C=C\C/C=C\C/C=C\CCCCC. The largest absolute Gasteiger partial charge is 0.472 e. The number of likely N-dealkylation sites (N-methyl/N-ethyl adjacent to an activating group) is 1. The topological polar surface area (TPSA) is 111 Å². The van der Waals surface area contributed by atoms with Crippen LogP contribution in [0.4, 0.5) is 0 Å². The molecule has 0 spiro atoms. The van der Waals surface area contributed by atoms with Gasteiger partial charge in [-0.15, -0.1) is 0 Å². The highest BCUT2D eigenvalue weighted by atomic mass is 31.2. The molecule has 0 rings (SSSR count). The minimum Gasteiger partial charge on any atom is -0.456 e. The van der Waals surface area contributed by atoms with E-state index in [2.05, 4.69) is 111 Å². The monoisotopic (exact) mass is 1120 g/mol. The molecule has 0 aromatic heterocycles. The lowest BCUT2D eigenvalue weighted by atomic mass is 10.1. The van der Waals surface area contributed by atoms with Gasteiger partial charge in [0, 0.05) is 12.8 Å². The molecule has 0 bridgehead atoms. The van der Waals surface area contributed by atoms with Crippen LogP contribution >= 0.6 is 7.82 Å². The van der Waals surface area contributed by atoms with Crippen molar-refractivity contribution in [3.63, 3.8) is 0 Å². The number of rotatable bonds is 58. The van der Waals surface area contributed by atoms with Crippen LogP contribution in [0, 0.1) is 0 Å². The molecule has 0 aliphatic heterocycles. The number of carbonyl (C=O) groups is 2. The average molecular weight is 1120 g/mol. The minimum absolute atomic E-state index is 0.0305. The second-order valence-electron chi connectivity index (χ2n) is 22.9. The van der Waals surface area contributed by atoms with Crippen molar-refractivity contribution < 1.29 is 37.3 Å². The lowest BCUT2D eigenvalue weighted by molar-refractivity contribution is -0.870. The first-order valence-corrected chi connectivity index (χ1v) is 34.1. The zero-order valence-corrected chi connectivity index (χ0v) is 53.0. The van der Waals surface area contributed by atoms with Crippen LogP contribution in [0.1, 0.15) is 278 Å². The zero-order chi connectivity index (χ0) is 57.9. The molecule has 3 unspecified atom stereocenters. The molecule has 0 fully saturated rings. The van der Waals surface area contributed by atoms with Crippen molar-refractivity contribution in [3.05, 3.63) is 97.2 Å². The Morgan fingerprint density at radius 1 is 0.443 bits per heavy atom. The molecule has 0 aliphatic rings. The van der Waals surface area contributed by atoms with Gasteiger partial charge in [-0.25, -0.2) is 4.57 Å². The van der Waals surface area contributed by atoms with Crippen LogP contribution in [0.5, 0.6) is 0 Å². The van der Waals surface area contributed by atoms with Gasteiger partial charge in [0.05, 0.1) is 33.8 Å². The predicted molar refractivity (Wildman–Crippen MR) is 341 cm³/mol. The Bertz CT molecular complexity index is 1670. The van der Waals surface area contributed by atoms with Crippen molar-refractivity contribution >= 4 is 19.7 Å². The maximum atomic E-state index is 13.6. The molecule has 3 atom stereocenters. The summed E-state index contributed by atoms with van der Waals surface area (Å²) >= 11 is 0. The van der Waals surface area contributed by atoms with Crippen LogP contribution in [0.3, 0.4) is 0 Å². The first-order chi connectivity index (χ1) is 38.4. The van der Waals surface area contributed by atoms with Crippen molar-refractivity contribution in [2.24, 2.45) is 0 Å². The number of amides is 1. The van der Waals surface area contributed by atoms with E-state index in [1.54, 1.807) is 0 Å². The number of unbranched alkanes of at least 4 members (excludes halogenated alkanes) is 28. The Hall–Kier alpha value is -3.07. The third kappa shape index (κ3) is 59.4. The Morgan fingerprint density at radius 2 is 0.772 bits per heavy atom. The standard InChI is InChI=1S/C69H123N2O7P/c1-7-10-13-16-19-22-25-27-29-31-33-35-37-39-41-43-46-49-52-55-58-61-68(72)70-66(65-77-79(74,75)76-64-63-71(4,5)6)67(60-57-54-51-48-45-24-21-18-15-12-9-3)78-69(73)62-59-56-53-50-47-44-42-40-38-36-34-32-30-28-26-23-20-17-14-11-8-2/h19-20,22-23,27-30,33-36,39,41,57,60,66-67H,7-18,21,24-26,31-32,37-38,40,42-56,58-59,61-65H2,1-6H3,(H-,70,72,74,75)/p+1/b22-19-,23-20-,29-27-,30-28-,35-33-,36-34-,41-39-,60-57+.